The highest BCUT2D eigenvalue weighted by Crippen LogP contribution is 2.58. The van der Waals surface area contributed by atoms with Crippen LogP contribution in [0.5, 0.6) is 34.5 Å². The molecule has 2 heterocycles. The molecule has 2 aliphatic heterocycles. The van der Waals surface area contributed by atoms with Crippen molar-refractivity contribution in [1.82, 2.24) is 0 Å². The Labute approximate surface area is 615 Å². The molecule has 0 unspecified atom stereocenters. The number of Topliss-reactive ketones (excluding diaryl/α,β-unsaturated/α-hetero) is 8. The van der Waals surface area contributed by atoms with Crippen molar-refractivity contribution >= 4 is 110 Å². The van der Waals surface area contributed by atoms with Gasteiger partial charge in [0.15, 0.2) is 23.0 Å². The molecule has 1 spiro atoms. The van der Waals surface area contributed by atoms with Crippen LogP contribution >= 0.6 is 0 Å². The minimum absolute atomic E-state index is 0.132. The van der Waals surface area contributed by atoms with Gasteiger partial charge >= 0.3 is 40.5 Å². The van der Waals surface area contributed by atoms with Crippen molar-refractivity contribution in [2.45, 2.75) is 76.7 Å². The monoisotopic (exact) mass is 1580 g/mol. The van der Waals surface area contributed by atoms with Crippen LogP contribution in [0.4, 0.5) is 0 Å². The van der Waals surface area contributed by atoms with Crippen LogP contribution in [-0.4, -0.2) is 85.7 Å². The minimum atomic E-state index is -5.78. The van der Waals surface area contributed by atoms with E-state index in [1.165, 1.54) is 27.7 Å². The van der Waals surface area contributed by atoms with E-state index in [2.05, 4.69) is 80.2 Å². The Morgan fingerprint density at radius 1 is 0.315 bits per heavy atom. The lowest BCUT2D eigenvalue weighted by molar-refractivity contribution is -0.166. The van der Waals surface area contributed by atoms with Crippen LogP contribution < -0.4 is 26.2 Å². The van der Waals surface area contributed by atoms with E-state index in [9.17, 15) is 82.6 Å². The molecule has 0 fully saturated rings. The Morgan fingerprint density at radius 2 is 0.523 bits per heavy atom. The molecule has 0 saturated heterocycles. The molecule has 111 heavy (non-hydrogen) atoms. The fraction of sp³-hybridized carbons (Fsp3) is 0.148. The van der Waals surface area contributed by atoms with Gasteiger partial charge in [0.25, 0.3) is 5.79 Å². The quantitative estimate of drug-likeness (QED) is 0.0225. The molecule has 50 heteroatoms. The second kappa shape index (κ2) is 27.3. The van der Waals surface area contributed by atoms with Gasteiger partial charge in [0, 0.05) is 131 Å². The number of ether oxygens (including phenoxy) is 2. The van der Waals surface area contributed by atoms with E-state index in [1.807, 2.05) is 0 Å². The number of rotatable bonds is 20. The summed E-state index contributed by atoms with van der Waals surface area (Å²) >= 11 is 0. The maximum absolute atomic E-state index is 15.2. The van der Waals surface area contributed by atoms with Gasteiger partial charge in [-0.15, -0.1) is 0 Å². The molecule has 0 saturated carbocycles. The summed E-state index contributed by atoms with van der Waals surface area (Å²) in [6.45, 7) is 5.94. The number of carbonyl (C=O) groups is 8. The Bertz CT molecular complexity index is 6260. The maximum atomic E-state index is 15.2. The van der Waals surface area contributed by atoms with Crippen molar-refractivity contribution in [3.05, 3.63) is 259 Å². The van der Waals surface area contributed by atoms with Crippen molar-refractivity contribution in [3.8, 4) is 34.5 Å². The van der Waals surface area contributed by atoms with Crippen molar-refractivity contribution in [2.75, 3.05) is 0 Å². The molecule has 552 valence electrons. The van der Waals surface area contributed by atoms with Crippen molar-refractivity contribution in [3.63, 3.8) is 0 Å². The number of ketones is 8. The highest BCUT2D eigenvalue weighted by Gasteiger charge is 2.55. The minimum Gasteiger partial charge on any atom is -0.452 e. The number of azide groups is 8. The second-order valence-corrected chi connectivity index (χ2v) is 30.7. The number of fused-ring (bicyclic) bond motifs is 6. The van der Waals surface area contributed by atoms with Crippen LogP contribution in [0, 0.1) is 0 Å². The summed E-state index contributed by atoms with van der Waals surface area (Å²) in [6.07, 6.45) is -0.886. The van der Waals surface area contributed by atoms with E-state index in [4.69, 9.17) is 26.2 Å². The number of allylic oxidation sites excluding steroid dienone is 4. The Morgan fingerprint density at radius 3 is 0.739 bits per heavy atom. The lowest BCUT2D eigenvalue weighted by Gasteiger charge is -2.51. The van der Waals surface area contributed by atoms with Gasteiger partial charge in [-0.3, -0.25) is 38.4 Å². The zero-order chi connectivity index (χ0) is 80.6. The number of benzene rings is 6. The largest absolute Gasteiger partial charge is 0.452 e. The van der Waals surface area contributed by atoms with E-state index < -0.39 is 260 Å². The molecule has 0 bridgehead atoms. The first-order valence-electron chi connectivity index (χ1n) is 30.3. The third-order valence-corrected chi connectivity index (χ3v) is 22.3. The average molecular weight is 1580 g/mol. The standard InChI is InChI=1S/C61H32N24O22S4/c1-59(2)21-61(102-29-19-33(106-110(98,99)37-15-7-11-25-41(37)45(72-80-64)49(76-84-68)57(92)53(25)88)31(17-27(29)59)104-108(94,95)35-13-5-9-23-39(35)43(70-78-62)47(74-82-66)55(90)51(23)86)22-60(3,4)28-18-32(105-109(96,97)36-14-6-10-24-40(36)44(71-79-63)48(75-83-67)56(91)52(24)87)34(20-30(28)103-61)107-111(100,101)38-16-8-12-26-42(38)46(73-81-65)50(77-85-69)58(93)54(26)89/h5-20H,21-22H2,1-4H3. The molecule has 46 nitrogen and oxygen atoms in total. The zero-order valence-corrected chi connectivity index (χ0v) is 58.8. The summed E-state index contributed by atoms with van der Waals surface area (Å²) < 4.78 is 157. The molecular formula is C61H32N24O22S4. The fourth-order valence-corrected chi connectivity index (χ4v) is 17.7. The molecular weight excluding hydrogens is 1550 g/mol. The molecule has 6 aromatic rings. The van der Waals surface area contributed by atoms with Gasteiger partial charge < -0.3 is 26.2 Å². The van der Waals surface area contributed by atoms with Gasteiger partial charge in [0.2, 0.25) is 46.3 Å². The summed E-state index contributed by atoms with van der Waals surface area (Å²) in [7, 11) is -23.0. The Balaban J connectivity index is 1.05. The lowest BCUT2D eigenvalue weighted by atomic mass is 9.69. The summed E-state index contributed by atoms with van der Waals surface area (Å²) in [4.78, 5) is 123. The van der Waals surface area contributed by atoms with Crippen LogP contribution in [0.1, 0.15) is 115 Å². The summed E-state index contributed by atoms with van der Waals surface area (Å²) in [5.74, 6) is -20.1. The smallest absolute Gasteiger partial charge is 0.339 e. The third-order valence-electron chi connectivity index (χ3n) is 17.2. The maximum Gasteiger partial charge on any atom is 0.339 e. The van der Waals surface area contributed by atoms with Gasteiger partial charge in [-0.2, -0.15) is 33.7 Å². The number of carbonyl (C=O) groups excluding carboxylic acids is 8. The number of hydrogen-bond donors (Lipinski definition) is 0. The normalized spacial score (nSPS) is 17.2. The topological polar surface area (TPSA) is 719 Å². The van der Waals surface area contributed by atoms with Crippen LogP contribution in [-0.2, 0) is 70.5 Å². The van der Waals surface area contributed by atoms with Gasteiger partial charge in [0.1, 0.15) is 31.1 Å². The van der Waals surface area contributed by atoms with Gasteiger partial charge in [-0.1, -0.05) is 117 Å². The summed E-state index contributed by atoms with van der Waals surface area (Å²) in [5.41, 5.74) is 57.4. The van der Waals surface area contributed by atoms with E-state index in [0.717, 1.165) is 97.1 Å². The van der Waals surface area contributed by atoms with E-state index in [-0.39, 0.29) is 11.1 Å². The predicted molar refractivity (Wildman–Crippen MR) is 367 cm³/mol. The molecule has 4 aliphatic carbocycles. The molecule has 0 radical (unpaired) electrons. The summed E-state index contributed by atoms with van der Waals surface area (Å²) in [6, 6.07) is 13.5. The molecule has 12 rings (SSSR count). The van der Waals surface area contributed by atoms with E-state index >= 15 is 33.7 Å². The fourth-order valence-electron chi connectivity index (χ4n) is 13.0. The molecule has 0 amide bonds. The van der Waals surface area contributed by atoms with Gasteiger partial charge in [-0.25, -0.2) is 0 Å². The molecule has 0 atom stereocenters. The Hall–Kier alpha value is -15.3. The van der Waals surface area contributed by atoms with E-state index in [0.29, 0.717) is 0 Å². The van der Waals surface area contributed by atoms with Gasteiger partial charge in [0.05, 0.1) is 45.6 Å². The number of hydrogen-bond acceptors (Lipinski definition) is 30. The van der Waals surface area contributed by atoms with Crippen molar-refractivity contribution in [2.24, 2.45) is 40.9 Å². The van der Waals surface area contributed by atoms with Crippen LogP contribution in [0.25, 0.3) is 106 Å². The number of nitrogens with zero attached hydrogens (tertiary/aromatic N) is 24. The summed E-state index contributed by atoms with van der Waals surface area (Å²) in [5, 5.41) is 26.1. The molecule has 0 N–H and O–H groups in total. The first kappa shape index (κ1) is 75.4. The molecule has 6 aromatic carbocycles. The highest BCUT2D eigenvalue weighted by molar-refractivity contribution is 7.88. The first-order valence-corrected chi connectivity index (χ1v) is 35.9. The lowest BCUT2D eigenvalue weighted by Crippen LogP contribution is -2.55. The SMILES string of the molecule is CC1(C)CC2(CC(C)(C)c3cc(OS(=O)(=O)c4cccc5c4C(N=[N+]=[N-])=C(N=[N+]=[N-])C(=O)C5=O)c(OS(=O)(=O)c4cccc5c4C(N=[N+]=[N-])=C(N=[N+]=[N-])C(=O)C5=O)cc3O2)Oc2cc(OS(=O)(=O)c3cccc4c3C(N=[N+]=[N-])=C(N=[N+]=[N-])C(=O)C4=O)c(OS(=O)(=O)c3cccc4c3C(N=[N+]=[N-])=C(N=[N+]=[N-])C(=O)C4=O)cc21. The van der Waals surface area contributed by atoms with Gasteiger partial charge in [-0.05, 0) is 80.6 Å². The zero-order valence-electron chi connectivity index (χ0n) is 55.5. The first-order chi connectivity index (χ1) is 52.5. The van der Waals surface area contributed by atoms with E-state index in [1.54, 1.807) is 0 Å². The second-order valence-electron chi connectivity index (χ2n) is 24.6. The van der Waals surface area contributed by atoms with Crippen LogP contribution in [0.2, 0.25) is 0 Å². The van der Waals surface area contributed by atoms with Crippen molar-refractivity contribution < 1.29 is 98.2 Å². The molecule has 0 aromatic heterocycles. The van der Waals surface area contributed by atoms with Crippen LogP contribution in [0.15, 0.2) is 180 Å². The highest BCUT2D eigenvalue weighted by atomic mass is 32.2. The van der Waals surface area contributed by atoms with Crippen LogP contribution in [0.3, 0.4) is 0 Å². The third kappa shape index (κ3) is 12.6. The van der Waals surface area contributed by atoms with Crippen molar-refractivity contribution in [1.29, 1.82) is 0 Å². The average Bonchev–Trinajstić information content (AvgIpc) is 0.715. The Kier molecular flexibility index (Phi) is 18.5. The predicted octanol–water partition coefficient (Wildman–Crippen LogP) is 12.5. The molecule has 6 aliphatic rings.